The van der Waals surface area contributed by atoms with Gasteiger partial charge in [0.2, 0.25) is 5.91 Å². The molecule has 1 aliphatic rings. The number of rotatable bonds is 7. The van der Waals surface area contributed by atoms with E-state index in [0.29, 0.717) is 6.61 Å². The van der Waals surface area contributed by atoms with Gasteiger partial charge in [0.1, 0.15) is 11.6 Å². The minimum absolute atomic E-state index is 0.158. The van der Waals surface area contributed by atoms with Crippen LogP contribution in [0.15, 0.2) is 30.3 Å². The molecule has 2 amide bonds. The Balaban J connectivity index is 2.00. The van der Waals surface area contributed by atoms with Gasteiger partial charge in [0, 0.05) is 6.04 Å². The van der Waals surface area contributed by atoms with Gasteiger partial charge in [-0.25, -0.2) is 4.79 Å². The third-order valence-corrected chi connectivity index (χ3v) is 4.73. The molecule has 0 unspecified atom stereocenters. The quantitative estimate of drug-likeness (QED) is 0.739. The highest BCUT2D eigenvalue weighted by Gasteiger charge is 2.31. The van der Waals surface area contributed by atoms with Crippen molar-refractivity contribution in [3.63, 3.8) is 0 Å². The van der Waals surface area contributed by atoms with E-state index in [1.165, 1.54) is 6.42 Å². The van der Waals surface area contributed by atoms with E-state index in [-0.39, 0.29) is 11.9 Å². The Morgan fingerprint density at radius 3 is 2.36 bits per heavy atom. The average molecular weight is 391 g/mol. The highest BCUT2D eigenvalue weighted by atomic mass is 16.6. The van der Waals surface area contributed by atoms with E-state index in [1.54, 1.807) is 27.7 Å². The van der Waals surface area contributed by atoms with Crippen molar-refractivity contribution in [2.75, 3.05) is 0 Å². The minimum Gasteiger partial charge on any atom is -0.444 e. The van der Waals surface area contributed by atoms with E-state index >= 15 is 0 Å². The molecule has 2 N–H and O–H groups in total. The lowest BCUT2D eigenvalue weighted by Crippen LogP contribution is -2.55. The molecule has 0 spiro atoms. The molecule has 0 radical (unpaired) electrons. The number of amides is 2. The summed E-state index contributed by atoms with van der Waals surface area (Å²) >= 11 is 0. The predicted octanol–water partition coefficient (Wildman–Crippen LogP) is 3.93. The first kappa shape index (κ1) is 22.2. The van der Waals surface area contributed by atoms with Crippen LogP contribution in [0.1, 0.15) is 65.4 Å². The highest BCUT2D eigenvalue weighted by Crippen LogP contribution is 2.18. The average Bonchev–Trinajstić information content (AvgIpc) is 2.64. The molecule has 1 saturated carbocycles. The Bertz CT molecular complexity index is 621. The fraction of sp³-hybridized carbons (Fsp3) is 0.636. The summed E-state index contributed by atoms with van der Waals surface area (Å²) in [6.45, 7) is 7.54. The van der Waals surface area contributed by atoms with Gasteiger partial charge >= 0.3 is 6.09 Å². The minimum atomic E-state index is -0.819. The molecule has 1 aromatic carbocycles. The van der Waals surface area contributed by atoms with E-state index in [4.69, 9.17) is 9.47 Å². The molecular weight excluding hydrogens is 356 g/mol. The fourth-order valence-corrected chi connectivity index (χ4v) is 3.27. The van der Waals surface area contributed by atoms with Crippen LogP contribution in [0.2, 0.25) is 0 Å². The summed E-state index contributed by atoms with van der Waals surface area (Å²) in [7, 11) is 0. The lowest BCUT2D eigenvalue weighted by molar-refractivity contribution is -0.128. The molecule has 6 nitrogen and oxygen atoms in total. The molecule has 0 heterocycles. The van der Waals surface area contributed by atoms with Gasteiger partial charge in [-0.05, 0) is 46.1 Å². The predicted molar refractivity (Wildman–Crippen MR) is 109 cm³/mol. The second-order valence-corrected chi connectivity index (χ2v) is 8.47. The van der Waals surface area contributed by atoms with E-state index in [0.717, 1.165) is 31.2 Å². The third-order valence-electron chi connectivity index (χ3n) is 4.73. The van der Waals surface area contributed by atoms with Gasteiger partial charge in [0.15, 0.2) is 0 Å². The van der Waals surface area contributed by atoms with Gasteiger partial charge in [-0.3, -0.25) is 4.79 Å². The summed E-state index contributed by atoms with van der Waals surface area (Å²) in [5.41, 5.74) is 0.376. The summed E-state index contributed by atoms with van der Waals surface area (Å²) in [6, 6.07) is 9.09. The molecular formula is C22H34N2O4. The number of nitrogens with one attached hydrogen (secondary N) is 2. The standard InChI is InChI=1S/C22H34N2O4/c1-16(27-15-17-11-7-5-8-12-17)19(24-21(26)28-22(2,3)4)20(25)23-18-13-9-6-10-14-18/h5,7-8,11-12,16,18-19H,6,9-10,13-15H2,1-4H3,(H,23,25)(H,24,26)/t16-,19+/m1/s1. The Hall–Kier alpha value is -2.08. The monoisotopic (exact) mass is 390 g/mol. The van der Waals surface area contributed by atoms with Gasteiger partial charge in [-0.1, -0.05) is 49.6 Å². The smallest absolute Gasteiger partial charge is 0.408 e. The number of alkyl carbamates (subject to hydrolysis) is 1. The topological polar surface area (TPSA) is 76.7 Å². The maximum Gasteiger partial charge on any atom is 0.408 e. The van der Waals surface area contributed by atoms with Gasteiger partial charge in [-0.2, -0.15) is 0 Å². The Morgan fingerprint density at radius 2 is 1.75 bits per heavy atom. The summed E-state index contributed by atoms with van der Waals surface area (Å²) in [6.07, 6.45) is 4.28. The molecule has 0 saturated heterocycles. The number of hydrogen-bond donors (Lipinski definition) is 2. The number of carbonyl (C=O) groups excluding carboxylic acids is 2. The molecule has 2 rings (SSSR count). The van der Waals surface area contributed by atoms with Crippen molar-refractivity contribution in [3.05, 3.63) is 35.9 Å². The van der Waals surface area contributed by atoms with Crippen LogP contribution in [0.5, 0.6) is 0 Å². The highest BCUT2D eigenvalue weighted by molar-refractivity contribution is 5.86. The molecule has 1 aromatic rings. The van der Waals surface area contributed by atoms with Gasteiger partial charge in [0.25, 0.3) is 0 Å². The Kier molecular flexibility index (Phi) is 8.30. The lowest BCUT2D eigenvalue weighted by atomic mass is 9.95. The van der Waals surface area contributed by atoms with Crippen LogP contribution in [-0.4, -0.2) is 35.8 Å². The third kappa shape index (κ3) is 7.89. The summed E-state index contributed by atoms with van der Waals surface area (Å²) in [5, 5.41) is 5.78. The van der Waals surface area contributed by atoms with E-state index in [1.807, 2.05) is 30.3 Å². The van der Waals surface area contributed by atoms with Crippen molar-refractivity contribution in [3.8, 4) is 0 Å². The van der Waals surface area contributed by atoms with Gasteiger partial charge in [0.05, 0.1) is 12.7 Å². The maximum atomic E-state index is 12.9. The van der Waals surface area contributed by atoms with E-state index in [9.17, 15) is 9.59 Å². The number of carbonyl (C=O) groups is 2. The van der Waals surface area contributed by atoms with Gasteiger partial charge < -0.3 is 20.1 Å². The number of hydrogen-bond acceptors (Lipinski definition) is 4. The van der Waals surface area contributed by atoms with Crippen LogP contribution < -0.4 is 10.6 Å². The zero-order valence-corrected chi connectivity index (χ0v) is 17.5. The van der Waals surface area contributed by atoms with E-state index < -0.39 is 23.8 Å². The van der Waals surface area contributed by atoms with Crippen LogP contribution in [0.25, 0.3) is 0 Å². The van der Waals surface area contributed by atoms with Crippen molar-refractivity contribution < 1.29 is 19.1 Å². The van der Waals surface area contributed by atoms with Crippen LogP contribution >= 0.6 is 0 Å². The summed E-state index contributed by atoms with van der Waals surface area (Å²) in [5.74, 6) is -0.224. The fourth-order valence-electron chi connectivity index (χ4n) is 3.27. The van der Waals surface area contributed by atoms with Crippen LogP contribution in [0.3, 0.4) is 0 Å². The van der Waals surface area contributed by atoms with Crippen molar-refractivity contribution in [1.29, 1.82) is 0 Å². The van der Waals surface area contributed by atoms with Crippen molar-refractivity contribution in [1.82, 2.24) is 10.6 Å². The molecule has 1 fully saturated rings. The number of ether oxygens (including phenoxy) is 2. The second-order valence-electron chi connectivity index (χ2n) is 8.47. The molecule has 0 bridgehead atoms. The molecule has 28 heavy (non-hydrogen) atoms. The first-order valence-electron chi connectivity index (χ1n) is 10.2. The SMILES string of the molecule is C[C@@H](OCc1ccccc1)[C@H](NC(=O)OC(C)(C)C)C(=O)NC1CCCCC1. The normalized spacial score (nSPS) is 17.4. The number of benzene rings is 1. The second kappa shape index (κ2) is 10.5. The Morgan fingerprint density at radius 1 is 1.11 bits per heavy atom. The van der Waals surface area contributed by atoms with Gasteiger partial charge in [-0.15, -0.1) is 0 Å². The Labute approximate surface area is 168 Å². The van der Waals surface area contributed by atoms with Crippen LogP contribution in [0.4, 0.5) is 4.79 Å². The zero-order valence-electron chi connectivity index (χ0n) is 17.5. The van der Waals surface area contributed by atoms with Crippen LogP contribution in [0, 0.1) is 0 Å². The zero-order chi connectivity index (χ0) is 20.6. The molecule has 1 aliphatic carbocycles. The lowest BCUT2D eigenvalue weighted by Gasteiger charge is -2.29. The van der Waals surface area contributed by atoms with Crippen molar-refractivity contribution in [2.45, 2.75) is 90.2 Å². The van der Waals surface area contributed by atoms with Crippen LogP contribution in [-0.2, 0) is 20.9 Å². The first-order chi connectivity index (χ1) is 13.2. The maximum absolute atomic E-state index is 12.9. The van der Waals surface area contributed by atoms with E-state index in [2.05, 4.69) is 10.6 Å². The van der Waals surface area contributed by atoms with Crippen molar-refractivity contribution in [2.24, 2.45) is 0 Å². The largest absolute Gasteiger partial charge is 0.444 e. The van der Waals surface area contributed by atoms with Crippen molar-refractivity contribution >= 4 is 12.0 Å². The summed E-state index contributed by atoms with van der Waals surface area (Å²) in [4.78, 5) is 25.2. The molecule has 0 aliphatic heterocycles. The molecule has 0 aromatic heterocycles. The first-order valence-corrected chi connectivity index (χ1v) is 10.2. The summed E-state index contributed by atoms with van der Waals surface area (Å²) < 4.78 is 11.2. The molecule has 6 heteroatoms. The molecule has 156 valence electrons. The molecule has 2 atom stereocenters.